The zero-order chi connectivity index (χ0) is 11.4. The molecular weight excluding hydrogens is 226 g/mol. The molecule has 0 aliphatic rings. The first kappa shape index (κ1) is 10.9. The third-order valence-electron chi connectivity index (χ3n) is 2.21. The van der Waals surface area contributed by atoms with Crippen molar-refractivity contribution >= 4 is 17.4 Å². The number of imidazole rings is 1. The number of H-pyrrole nitrogens is 1. The van der Waals surface area contributed by atoms with Crippen LogP contribution in [0.4, 0.5) is 5.82 Å². The molecule has 1 atom stereocenters. The molecule has 0 aliphatic carbocycles. The summed E-state index contributed by atoms with van der Waals surface area (Å²) in [7, 11) is 0. The molecule has 6 heteroatoms. The lowest BCUT2D eigenvalue weighted by molar-refractivity contribution is 0.697. The zero-order valence-corrected chi connectivity index (χ0v) is 9.57. The third kappa shape index (κ3) is 2.49. The van der Waals surface area contributed by atoms with Gasteiger partial charge in [0.2, 0.25) is 0 Å². The third-order valence-corrected chi connectivity index (χ3v) is 2.41. The first-order valence-corrected chi connectivity index (χ1v) is 5.42. The van der Waals surface area contributed by atoms with Crippen molar-refractivity contribution in [1.29, 1.82) is 0 Å². The number of halogens is 1. The maximum atomic E-state index is 5.66. The number of hydrogen-bond acceptors (Lipinski definition) is 4. The normalized spacial score (nSPS) is 12.4. The van der Waals surface area contributed by atoms with Gasteiger partial charge in [0.15, 0.2) is 5.15 Å². The second-order valence-electron chi connectivity index (χ2n) is 3.32. The van der Waals surface area contributed by atoms with Crippen molar-refractivity contribution < 1.29 is 0 Å². The van der Waals surface area contributed by atoms with Crippen molar-refractivity contribution in [2.45, 2.75) is 19.4 Å². The van der Waals surface area contributed by atoms with Crippen LogP contribution in [0.25, 0.3) is 0 Å². The molecule has 16 heavy (non-hydrogen) atoms. The zero-order valence-electron chi connectivity index (χ0n) is 8.81. The van der Waals surface area contributed by atoms with E-state index in [0.717, 1.165) is 12.2 Å². The number of aromatic amines is 1. The molecule has 2 N–H and O–H groups in total. The second-order valence-corrected chi connectivity index (χ2v) is 3.71. The summed E-state index contributed by atoms with van der Waals surface area (Å²) in [5.41, 5.74) is 0. The van der Waals surface area contributed by atoms with E-state index in [1.165, 1.54) is 0 Å². The number of anilines is 1. The Kier molecular flexibility index (Phi) is 3.36. The molecule has 0 spiro atoms. The average Bonchev–Trinajstić information content (AvgIpc) is 2.82. The summed E-state index contributed by atoms with van der Waals surface area (Å²) in [5, 5.41) is 11.3. The van der Waals surface area contributed by atoms with Crippen LogP contribution in [0.5, 0.6) is 0 Å². The minimum atomic E-state index is 0.102. The molecule has 5 nitrogen and oxygen atoms in total. The van der Waals surface area contributed by atoms with Crippen LogP contribution in [0, 0.1) is 0 Å². The van der Waals surface area contributed by atoms with Gasteiger partial charge in [-0.15, -0.1) is 10.2 Å². The van der Waals surface area contributed by atoms with Gasteiger partial charge in [-0.1, -0.05) is 18.5 Å². The fraction of sp³-hybridized carbons (Fsp3) is 0.300. The Morgan fingerprint density at radius 2 is 2.31 bits per heavy atom. The van der Waals surface area contributed by atoms with Gasteiger partial charge in [0.05, 0.1) is 6.04 Å². The predicted molar refractivity (Wildman–Crippen MR) is 62.3 cm³/mol. The predicted octanol–water partition coefficient (Wildman–Crippen LogP) is 2.42. The Morgan fingerprint density at radius 1 is 1.44 bits per heavy atom. The summed E-state index contributed by atoms with van der Waals surface area (Å²) in [6, 6.07) is 3.60. The van der Waals surface area contributed by atoms with Crippen LogP contribution >= 0.6 is 11.6 Å². The van der Waals surface area contributed by atoms with Crippen molar-refractivity contribution in [3.8, 4) is 0 Å². The Bertz CT molecular complexity index is 425. The highest BCUT2D eigenvalue weighted by molar-refractivity contribution is 6.29. The van der Waals surface area contributed by atoms with Gasteiger partial charge in [0, 0.05) is 12.4 Å². The van der Waals surface area contributed by atoms with Crippen molar-refractivity contribution in [2.75, 3.05) is 5.32 Å². The summed E-state index contributed by atoms with van der Waals surface area (Å²) in [6.45, 7) is 2.07. The van der Waals surface area contributed by atoms with Gasteiger partial charge in [-0.3, -0.25) is 0 Å². The second kappa shape index (κ2) is 4.94. The Balaban J connectivity index is 2.10. The fourth-order valence-corrected chi connectivity index (χ4v) is 1.50. The van der Waals surface area contributed by atoms with E-state index >= 15 is 0 Å². The van der Waals surface area contributed by atoms with Gasteiger partial charge in [0.1, 0.15) is 11.6 Å². The highest BCUT2D eigenvalue weighted by Gasteiger charge is 2.11. The van der Waals surface area contributed by atoms with Crippen LogP contribution in [0.3, 0.4) is 0 Å². The molecule has 1 unspecified atom stereocenters. The maximum Gasteiger partial charge on any atom is 0.151 e. The van der Waals surface area contributed by atoms with Crippen LogP contribution in [0.2, 0.25) is 5.15 Å². The fourth-order valence-electron chi connectivity index (χ4n) is 1.40. The SMILES string of the molecule is CCC(Nc1ccc(Cl)nn1)c1ncc[nH]1. The summed E-state index contributed by atoms with van der Waals surface area (Å²) in [6.07, 6.45) is 4.43. The Labute approximate surface area is 98.3 Å². The number of hydrogen-bond donors (Lipinski definition) is 2. The van der Waals surface area contributed by atoms with Crippen LogP contribution in [-0.2, 0) is 0 Å². The minimum absolute atomic E-state index is 0.102. The van der Waals surface area contributed by atoms with Crippen LogP contribution in [0.15, 0.2) is 24.5 Å². The number of rotatable bonds is 4. The van der Waals surface area contributed by atoms with Gasteiger partial charge >= 0.3 is 0 Å². The summed E-state index contributed by atoms with van der Waals surface area (Å²) < 4.78 is 0. The quantitative estimate of drug-likeness (QED) is 0.857. The monoisotopic (exact) mass is 237 g/mol. The summed E-state index contributed by atoms with van der Waals surface area (Å²) >= 11 is 5.66. The number of nitrogens with zero attached hydrogens (tertiary/aromatic N) is 3. The topological polar surface area (TPSA) is 66.5 Å². The van der Waals surface area contributed by atoms with E-state index in [-0.39, 0.29) is 6.04 Å². The van der Waals surface area contributed by atoms with Gasteiger partial charge in [-0.2, -0.15) is 0 Å². The highest BCUT2D eigenvalue weighted by Crippen LogP contribution is 2.18. The van der Waals surface area contributed by atoms with Crippen molar-refractivity contribution in [2.24, 2.45) is 0 Å². The molecule has 0 amide bonds. The van der Waals surface area contributed by atoms with E-state index in [9.17, 15) is 0 Å². The standard InChI is InChI=1S/C10H12ClN5/c1-2-7(10-12-5-6-13-10)14-9-4-3-8(11)15-16-9/h3-7H,2H2,1H3,(H,12,13)(H,14,16). The van der Waals surface area contributed by atoms with Crippen LogP contribution in [0.1, 0.15) is 25.2 Å². The lowest BCUT2D eigenvalue weighted by Gasteiger charge is -2.14. The lowest BCUT2D eigenvalue weighted by atomic mass is 10.2. The molecule has 0 radical (unpaired) electrons. The molecule has 0 fully saturated rings. The van der Waals surface area contributed by atoms with Crippen molar-refractivity contribution in [3.05, 3.63) is 35.5 Å². The molecule has 2 rings (SSSR count). The van der Waals surface area contributed by atoms with Crippen LogP contribution in [-0.4, -0.2) is 20.2 Å². The van der Waals surface area contributed by atoms with E-state index in [4.69, 9.17) is 11.6 Å². The van der Waals surface area contributed by atoms with E-state index in [1.54, 1.807) is 24.5 Å². The lowest BCUT2D eigenvalue weighted by Crippen LogP contribution is -2.12. The largest absolute Gasteiger partial charge is 0.359 e. The van der Waals surface area contributed by atoms with Gasteiger partial charge in [0.25, 0.3) is 0 Å². The molecule has 2 aromatic heterocycles. The van der Waals surface area contributed by atoms with Crippen LogP contribution < -0.4 is 5.32 Å². The van der Waals surface area contributed by atoms with Gasteiger partial charge in [-0.25, -0.2) is 4.98 Å². The molecule has 0 saturated heterocycles. The van der Waals surface area contributed by atoms with E-state index in [2.05, 4.69) is 32.4 Å². The minimum Gasteiger partial charge on any atom is -0.359 e. The Hall–Kier alpha value is -1.62. The number of nitrogens with one attached hydrogen (secondary N) is 2. The van der Waals surface area contributed by atoms with Crippen molar-refractivity contribution in [1.82, 2.24) is 20.2 Å². The summed E-state index contributed by atoms with van der Waals surface area (Å²) in [5.74, 6) is 1.58. The van der Waals surface area contributed by atoms with Crippen molar-refractivity contribution in [3.63, 3.8) is 0 Å². The maximum absolute atomic E-state index is 5.66. The van der Waals surface area contributed by atoms with Gasteiger partial charge < -0.3 is 10.3 Å². The molecular formula is C10H12ClN5. The molecule has 0 bridgehead atoms. The molecule has 2 aromatic rings. The average molecular weight is 238 g/mol. The first-order chi connectivity index (χ1) is 7.79. The number of aromatic nitrogens is 4. The highest BCUT2D eigenvalue weighted by atomic mass is 35.5. The molecule has 2 heterocycles. The Morgan fingerprint density at radius 3 is 2.88 bits per heavy atom. The summed E-state index contributed by atoms with van der Waals surface area (Å²) in [4.78, 5) is 7.28. The van der Waals surface area contributed by atoms with E-state index in [0.29, 0.717) is 11.0 Å². The van der Waals surface area contributed by atoms with E-state index < -0.39 is 0 Å². The first-order valence-electron chi connectivity index (χ1n) is 5.04. The van der Waals surface area contributed by atoms with Gasteiger partial charge in [-0.05, 0) is 18.6 Å². The molecule has 84 valence electrons. The molecule has 0 saturated carbocycles. The molecule has 0 aromatic carbocycles. The smallest absolute Gasteiger partial charge is 0.151 e. The molecule has 0 aliphatic heterocycles. The van der Waals surface area contributed by atoms with E-state index in [1.807, 2.05) is 0 Å².